The van der Waals surface area contributed by atoms with E-state index in [1.54, 1.807) is 0 Å². The third kappa shape index (κ3) is 4.60. The molecular weight excluding hydrogens is 390 g/mol. The summed E-state index contributed by atoms with van der Waals surface area (Å²) in [6.07, 6.45) is 1.88. The van der Waals surface area contributed by atoms with Gasteiger partial charge < -0.3 is 10.1 Å². The Balaban J connectivity index is 1.83. The van der Waals surface area contributed by atoms with Gasteiger partial charge in [0.05, 0.1) is 11.7 Å². The number of rotatable bonds is 7. The fourth-order valence-electron chi connectivity index (χ4n) is 2.77. The van der Waals surface area contributed by atoms with Crippen LogP contribution in [0.25, 0.3) is 21.3 Å². The van der Waals surface area contributed by atoms with Crippen LogP contribution in [0.15, 0.2) is 53.4 Å². The summed E-state index contributed by atoms with van der Waals surface area (Å²) in [6, 6.07) is 7.85. The van der Waals surface area contributed by atoms with Gasteiger partial charge in [-0.3, -0.25) is 19.0 Å². The number of esters is 1. The molecule has 0 spiro atoms. The number of ether oxygens (including phenoxy) is 1. The third-order valence-corrected chi connectivity index (χ3v) is 5.21. The lowest BCUT2D eigenvalue weighted by molar-refractivity contribution is -0.155. The summed E-state index contributed by atoms with van der Waals surface area (Å²) in [5, 5.41) is 4.90. The first-order valence-electron chi connectivity index (χ1n) is 9.02. The second-order valence-corrected chi connectivity index (χ2v) is 7.40. The van der Waals surface area contributed by atoms with Crippen molar-refractivity contribution in [1.82, 2.24) is 14.9 Å². The molecule has 2 aromatic heterocycles. The van der Waals surface area contributed by atoms with E-state index in [0.717, 1.165) is 16.7 Å². The van der Waals surface area contributed by atoms with E-state index < -0.39 is 18.0 Å². The number of carbonyl (C=O) groups excluding carboxylic acids is 2. The Morgan fingerprint density at radius 2 is 2.07 bits per heavy atom. The zero-order chi connectivity index (χ0) is 21.0. The van der Waals surface area contributed by atoms with Gasteiger partial charge in [-0.2, -0.15) is 0 Å². The van der Waals surface area contributed by atoms with Gasteiger partial charge in [0.15, 0.2) is 6.10 Å². The largest absolute Gasteiger partial charge is 0.451 e. The van der Waals surface area contributed by atoms with Crippen LogP contribution < -0.4 is 10.9 Å². The van der Waals surface area contributed by atoms with Gasteiger partial charge in [0, 0.05) is 17.5 Å². The maximum absolute atomic E-state index is 13.0. The maximum atomic E-state index is 13.0. The van der Waals surface area contributed by atoms with E-state index >= 15 is 0 Å². The summed E-state index contributed by atoms with van der Waals surface area (Å²) < 4.78 is 6.32. The standard InChI is InChI=1S/C21H21N3O4S/c1-4-9-22-19(26)14(3)28-17(25)10-24-12-23-20-18(21(24)27)16(11-29-20)15-7-5-13(2)6-8-15/h4-8,11-12,14H,1,9-10H2,2-3H3,(H,22,26)/t14-/m1/s1. The molecule has 0 aliphatic rings. The molecule has 0 bridgehead atoms. The number of benzene rings is 1. The van der Waals surface area contributed by atoms with Crippen molar-refractivity contribution < 1.29 is 14.3 Å². The predicted octanol–water partition coefficient (Wildman–Crippen LogP) is 2.67. The molecule has 0 fully saturated rings. The highest BCUT2D eigenvalue weighted by atomic mass is 32.1. The van der Waals surface area contributed by atoms with Crippen molar-refractivity contribution in [2.24, 2.45) is 0 Å². The van der Waals surface area contributed by atoms with E-state index in [9.17, 15) is 14.4 Å². The lowest BCUT2D eigenvalue weighted by atomic mass is 10.1. The van der Waals surface area contributed by atoms with Gasteiger partial charge >= 0.3 is 5.97 Å². The number of fused-ring (bicyclic) bond motifs is 1. The number of nitrogens with zero attached hydrogens (tertiary/aromatic N) is 2. The fourth-order valence-corrected chi connectivity index (χ4v) is 3.68. The summed E-state index contributed by atoms with van der Waals surface area (Å²) in [4.78, 5) is 41.9. The van der Waals surface area contributed by atoms with E-state index in [0.29, 0.717) is 10.2 Å². The number of carbonyl (C=O) groups is 2. The van der Waals surface area contributed by atoms with Crippen molar-refractivity contribution in [3.8, 4) is 11.1 Å². The van der Waals surface area contributed by atoms with Gasteiger partial charge in [-0.25, -0.2) is 4.98 Å². The molecule has 0 unspecified atom stereocenters. The maximum Gasteiger partial charge on any atom is 0.326 e. The van der Waals surface area contributed by atoms with E-state index in [4.69, 9.17) is 4.74 Å². The van der Waals surface area contributed by atoms with Crippen molar-refractivity contribution in [2.45, 2.75) is 26.5 Å². The summed E-state index contributed by atoms with van der Waals surface area (Å²) in [5.41, 5.74) is 2.49. The molecule has 1 atom stereocenters. The molecule has 2 heterocycles. The highest BCUT2D eigenvalue weighted by molar-refractivity contribution is 7.17. The van der Waals surface area contributed by atoms with Crippen LogP contribution in [0.2, 0.25) is 0 Å². The molecule has 150 valence electrons. The monoisotopic (exact) mass is 411 g/mol. The summed E-state index contributed by atoms with van der Waals surface area (Å²) in [6.45, 7) is 6.92. The van der Waals surface area contributed by atoms with E-state index in [2.05, 4.69) is 16.9 Å². The Kier molecular flexibility index (Phi) is 6.23. The minimum Gasteiger partial charge on any atom is -0.451 e. The Labute approximate surface area is 171 Å². The van der Waals surface area contributed by atoms with E-state index in [-0.39, 0.29) is 18.6 Å². The average Bonchev–Trinajstić information content (AvgIpc) is 3.13. The van der Waals surface area contributed by atoms with Crippen LogP contribution >= 0.6 is 11.3 Å². The Morgan fingerprint density at radius 3 is 2.76 bits per heavy atom. The topological polar surface area (TPSA) is 90.3 Å². The second kappa shape index (κ2) is 8.83. The Morgan fingerprint density at radius 1 is 1.34 bits per heavy atom. The molecule has 0 aliphatic carbocycles. The lowest BCUT2D eigenvalue weighted by Crippen LogP contribution is -2.37. The van der Waals surface area contributed by atoms with Crippen LogP contribution in [0, 0.1) is 6.92 Å². The molecule has 3 aromatic rings. The number of aryl methyl sites for hydroxylation is 1. The van der Waals surface area contributed by atoms with Gasteiger partial charge in [-0.05, 0) is 19.4 Å². The van der Waals surface area contributed by atoms with Gasteiger partial charge in [-0.15, -0.1) is 17.9 Å². The number of nitrogens with one attached hydrogen (secondary N) is 1. The van der Waals surface area contributed by atoms with Crippen molar-refractivity contribution in [3.63, 3.8) is 0 Å². The van der Waals surface area contributed by atoms with Crippen molar-refractivity contribution in [2.75, 3.05) is 6.54 Å². The highest BCUT2D eigenvalue weighted by Crippen LogP contribution is 2.30. The minimum absolute atomic E-state index is 0.278. The number of aromatic nitrogens is 2. The zero-order valence-electron chi connectivity index (χ0n) is 16.2. The minimum atomic E-state index is -0.973. The number of amides is 1. The first kappa shape index (κ1) is 20.5. The van der Waals surface area contributed by atoms with Gasteiger partial charge in [0.2, 0.25) is 0 Å². The molecule has 3 rings (SSSR count). The molecule has 1 N–H and O–H groups in total. The van der Waals surface area contributed by atoms with Crippen LogP contribution in [0.5, 0.6) is 0 Å². The first-order chi connectivity index (χ1) is 13.9. The zero-order valence-corrected chi connectivity index (χ0v) is 17.0. The van der Waals surface area contributed by atoms with Crippen LogP contribution in [0.4, 0.5) is 0 Å². The molecule has 7 nitrogen and oxygen atoms in total. The van der Waals surface area contributed by atoms with Crippen molar-refractivity contribution in [1.29, 1.82) is 0 Å². The number of hydrogen-bond donors (Lipinski definition) is 1. The predicted molar refractivity (Wildman–Crippen MR) is 113 cm³/mol. The summed E-state index contributed by atoms with van der Waals surface area (Å²) in [5.74, 6) is -1.12. The molecule has 1 aromatic carbocycles. The molecule has 0 saturated heterocycles. The summed E-state index contributed by atoms with van der Waals surface area (Å²) in [7, 11) is 0. The molecule has 29 heavy (non-hydrogen) atoms. The number of hydrogen-bond acceptors (Lipinski definition) is 6. The van der Waals surface area contributed by atoms with Crippen LogP contribution in [0.3, 0.4) is 0 Å². The Bertz CT molecular complexity index is 1120. The highest BCUT2D eigenvalue weighted by Gasteiger charge is 2.19. The quantitative estimate of drug-likeness (QED) is 0.477. The molecular formula is C21H21N3O4S. The number of thiophene rings is 1. The van der Waals surface area contributed by atoms with Gasteiger partial charge in [0.25, 0.3) is 11.5 Å². The van der Waals surface area contributed by atoms with Gasteiger partial charge in [0.1, 0.15) is 11.4 Å². The first-order valence-corrected chi connectivity index (χ1v) is 9.90. The third-order valence-electron chi connectivity index (χ3n) is 4.32. The van der Waals surface area contributed by atoms with Crippen LogP contribution in [-0.2, 0) is 20.9 Å². The average molecular weight is 411 g/mol. The molecule has 0 radical (unpaired) electrons. The summed E-state index contributed by atoms with van der Waals surface area (Å²) >= 11 is 1.38. The van der Waals surface area contributed by atoms with Crippen molar-refractivity contribution in [3.05, 3.63) is 64.5 Å². The van der Waals surface area contributed by atoms with Crippen LogP contribution in [0.1, 0.15) is 12.5 Å². The molecule has 8 heteroatoms. The second-order valence-electron chi connectivity index (χ2n) is 6.54. The van der Waals surface area contributed by atoms with E-state index in [1.807, 2.05) is 36.6 Å². The molecule has 0 saturated carbocycles. The normalized spacial score (nSPS) is 11.8. The van der Waals surface area contributed by atoms with Crippen molar-refractivity contribution >= 4 is 33.4 Å². The smallest absolute Gasteiger partial charge is 0.326 e. The molecule has 1 amide bonds. The van der Waals surface area contributed by atoms with E-state index in [1.165, 1.54) is 35.2 Å². The van der Waals surface area contributed by atoms with Crippen LogP contribution in [-0.4, -0.2) is 34.1 Å². The lowest BCUT2D eigenvalue weighted by Gasteiger charge is -2.13. The fraction of sp³-hybridized carbons (Fsp3) is 0.238. The molecule has 0 aliphatic heterocycles. The Hall–Kier alpha value is -3.26. The van der Waals surface area contributed by atoms with Gasteiger partial charge in [-0.1, -0.05) is 35.9 Å². The SMILES string of the molecule is C=CCNC(=O)[C@@H](C)OC(=O)Cn1cnc2scc(-c3ccc(C)cc3)c2c1=O.